The number of rotatable bonds is 4. The van der Waals surface area contributed by atoms with Crippen LogP contribution in [-0.4, -0.2) is 35.2 Å². The number of benzene rings is 1. The van der Waals surface area contributed by atoms with Crippen molar-refractivity contribution in [3.05, 3.63) is 48.0 Å². The minimum Gasteiger partial charge on any atom is -0.351 e. The van der Waals surface area contributed by atoms with Gasteiger partial charge in [0.2, 0.25) is 5.91 Å². The van der Waals surface area contributed by atoms with E-state index in [9.17, 15) is 14.4 Å². The van der Waals surface area contributed by atoms with Gasteiger partial charge in [-0.1, -0.05) is 18.2 Å². The number of carbonyl (C=O) groups excluding carboxylic acids is 3. The molecule has 0 saturated heterocycles. The Kier molecular flexibility index (Phi) is 3.46. The molecule has 1 aliphatic heterocycles. The summed E-state index contributed by atoms with van der Waals surface area (Å²) < 4.78 is 0. The number of amides is 3. The van der Waals surface area contributed by atoms with Crippen LogP contribution in [0.5, 0.6) is 0 Å². The van der Waals surface area contributed by atoms with Crippen molar-refractivity contribution in [2.75, 3.05) is 6.54 Å². The Hall–Kier alpha value is -2.43. The van der Waals surface area contributed by atoms with Crippen LogP contribution >= 0.6 is 0 Å². The lowest BCUT2D eigenvalue weighted by molar-refractivity contribution is -0.124. The van der Waals surface area contributed by atoms with Gasteiger partial charge in [0.05, 0.1) is 11.1 Å². The van der Waals surface area contributed by atoms with Gasteiger partial charge in [0, 0.05) is 6.54 Å². The molecule has 2 rings (SSSR count). The second-order valence-electron chi connectivity index (χ2n) is 4.24. The van der Waals surface area contributed by atoms with Crippen molar-refractivity contribution in [2.24, 2.45) is 0 Å². The van der Waals surface area contributed by atoms with Gasteiger partial charge in [-0.15, -0.1) is 6.58 Å². The number of nitrogens with zero attached hydrogens (tertiary/aromatic N) is 1. The van der Waals surface area contributed by atoms with Gasteiger partial charge >= 0.3 is 0 Å². The third-order valence-electron chi connectivity index (χ3n) is 3.01. The van der Waals surface area contributed by atoms with Crippen molar-refractivity contribution in [2.45, 2.75) is 13.0 Å². The minimum absolute atomic E-state index is 0.298. The molecule has 5 heteroatoms. The van der Waals surface area contributed by atoms with Gasteiger partial charge < -0.3 is 5.32 Å². The van der Waals surface area contributed by atoms with E-state index in [2.05, 4.69) is 11.9 Å². The lowest BCUT2D eigenvalue weighted by Crippen LogP contribution is -2.47. The zero-order valence-electron chi connectivity index (χ0n) is 10.6. The van der Waals surface area contributed by atoms with Crippen molar-refractivity contribution in [1.82, 2.24) is 10.2 Å². The van der Waals surface area contributed by atoms with Gasteiger partial charge in [0.15, 0.2) is 0 Å². The Morgan fingerprint density at radius 2 is 1.84 bits per heavy atom. The molecule has 1 atom stereocenters. The molecule has 1 heterocycles. The average molecular weight is 258 g/mol. The highest BCUT2D eigenvalue weighted by molar-refractivity contribution is 6.22. The molecule has 0 spiro atoms. The quantitative estimate of drug-likeness (QED) is 0.646. The smallest absolute Gasteiger partial charge is 0.262 e. The highest BCUT2D eigenvalue weighted by Gasteiger charge is 2.40. The monoisotopic (exact) mass is 258 g/mol. The molecule has 3 amide bonds. The van der Waals surface area contributed by atoms with Crippen LogP contribution in [0.15, 0.2) is 36.9 Å². The summed E-state index contributed by atoms with van der Waals surface area (Å²) in [6.45, 7) is 5.32. The molecule has 98 valence electrons. The third kappa shape index (κ3) is 2.14. The third-order valence-corrected chi connectivity index (χ3v) is 3.01. The summed E-state index contributed by atoms with van der Waals surface area (Å²) in [5.74, 6) is -1.24. The molecule has 5 nitrogen and oxygen atoms in total. The Morgan fingerprint density at radius 3 is 2.32 bits per heavy atom. The normalized spacial score (nSPS) is 15.1. The molecule has 0 fully saturated rings. The Bertz CT molecular complexity index is 531. The number of hydrogen-bond donors (Lipinski definition) is 1. The van der Waals surface area contributed by atoms with E-state index in [1.165, 1.54) is 13.0 Å². The van der Waals surface area contributed by atoms with Crippen LogP contribution in [0.4, 0.5) is 0 Å². The Labute approximate surface area is 110 Å². The zero-order valence-corrected chi connectivity index (χ0v) is 10.6. The molecule has 0 bridgehead atoms. The summed E-state index contributed by atoms with van der Waals surface area (Å²) in [5, 5.41) is 2.57. The first-order valence-electron chi connectivity index (χ1n) is 5.93. The predicted molar refractivity (Wildman–Crippen MR) is 69.6 cm³/mol. The maximum Gasteiger partial charge on any atom is 0.262 e. The molecule has 0 aromatic heterocycles. The largest absolute Gasteiger partial charge is 0.351 e. The standard InChI is InChI=1S/C14H14N2O3/c1-3-8-15-12(17)9(2)16-13(18)10-6-4-5-7-11(10)14(16)19/h3-7,9H,1,8H2,2H3,(H,15,17)/t9-/m0/s1. The molecule has 1 aliphatic rings. The van der Waals surface area contributed by atoms with E-state index < -0.39 is 17.9 Å². The number of imide groups is 1. The number of fused-ring (bicyclic) bond motifs is 1. The summed E-state index contributed by atoms with van der Waals surface area (Å²) in [4.78, 5) is 37.1. The fourth-order valence-corrected chi connectivity index (χ4v) is 2.00. The highest BCUT2D eigenvalue weighted by atomic mass is 16.2. The number of carbonyl (C=O) groups is 3. The summed E-state index contributed by atoms with van der Waals surface area (Å²) in [5.41, 5.74) is 0.687. The van der Waals surface area contributed by atoms with E-state index in [1.54, 1.807) is 24.3 Å². The molecular weight excluding hydrogens is 244 g/mol. The van der Waals surface area contributed by atoms with Crippen LogP contribution in [-0.2, 0) is 4.79 Å². The van der Waals surface area contributed by atoms with Gasteiger partial charge in [0.1, 0.15) is 6.04 Å². The molecule has 0 radical (unpaired) electrons. The van der Waals surface area contributed by atoms with Gasteiger partial charge in [-0.3, -0.25) is 19.3 Å². The van der Waals surface area contributed by atoms with Crippen molar-refractivity contribution < 1.29 is 14.4 Å². The lowest BCUT2D eigenvalue weighted by atomic mass is 10.1. The molecule has 0 unspecified atom stereocenters. The van der Waals surface area contributed by atoms with Crippen LogP contribution in [0.3, 0.4) is 0 Å². The SMILES string of the molecule is C=CCNC(=O)[C@H](C)N1C(=O)c2ccccc2C1=O. The molecule has 19 heavy (non-hydrogen) atoms. The molecule has 0 saturated carbocycles. The van der Waals surface area contributed by atoms with Gasteiger partial charge in [-0.25, -0.2) is 0 Å². The van der Waals surface area contributed by atoms with Crippen LogP contribution in [0.1, 0.15) is 27.6 Å². The van der Waals surface area contributed by atoms with Crippen LogP contribution in [0.2, 0.25) is 0 Å². The van der Waals surface area contributed by atoms with Crippen molar-refractivity contribution in [3.63, 3.8) is 0 Å². The van der Waals surface area contributed by atoms with E-state index in [4.69, 9.17) is 0 Å². The minimum atomic E-state index is -0.840. The van der Waals surface area contributed by atoms with Crippen molar-refractivity contribution in [3.8, 4) is 0 Å². The van der Waals surface area contributed by atoms with E-state index in [-0.39, 0.29) is 5.91 Å². The molecule has 1 aromatic rings. The topological polar surface area (TPSA) is 66.5 Å². The van der Waals surface area contributed by atoms with Crippen LogP contribution in [0.25, 0.3) is 0 Å². The van der Waals surface area contributed by atoms with Gasteiger partial charge in [-0.2, -0.15) is 0 Å². The van der Waals surface area contributed by atoms with Crippen LogP contribution in [0, 0.1) is 0 Å². The average Bonchev–Trinajstić information content (AvgIpc) is 2.68. The molecule has 0 aliphatic carbocycles. The van der Waals surface area contributed by atoms with Gasteiger partial charge in [0.25, 0.3) is 11.8 Å². The van der Waals surface area contributed by atoms with E-state index in [1.807, 2.05) is 0 Å². The first-order valence-corrected chi connectivity index (χ1v) is 5.93. The Balaban J connectivity index is 2.24. The zero-order chi connectivity index (χ0) is 14.0. The highest BCUT2D eigenvalue weighted by Crippen LogP contribution is 2.24. The predicted octanol–water partition coefficient (Wildman–Crippen LogP) is 0.973. The van der Waals surface area contributed by atoms with E-state index in [0.29, 0.717) is 17.7 Å². The maximum absolute atomic E-state index is 12.1. The molecule has 1 aromatic carbocycles. The fourth-order valence-electron chi connectivity index (χ4n) is 2.00. The maximum atomic E-state index is 12.1. The first kappa shape index (κ1) is 13.0. The van der Waals surface area contributed by atoms with E-state index in [0.717, 1.165) is 4.90 Å². The van der Waals surface area contributed by atoms with Crippen molar-refractivity contribution >= 4 is 17.7 Å². The number of nitrogens with one attached hydrogen (secondary N) is 1. The second kappa shape index (κ2) is 5.06. The molecular formula is C14H14N2O3. The lowest BCUT2D eigenvalue weighted by Gasteiger charge is -2.21. The van der Waals surface area contributed by atoms with Crippen LogP contribution < -0.4 is 5.32 Å². The summed E-state index contributed by atoms with van der Waals surface area (Å²) in [7, 11) is 0. The molecule has 1 N–H and O–H groups in total. The first-order chi connectivity index (χ1) is 9.07. The summed E-state index contributed by atoms with van der Waals surface area (Å²) in [6, 6.07) is 5.71. The summed E-state index contributed by atoms with van der Waals surface area (Å²) >= 11 is 0. The Morgan fingerprint density at radius 1 is 1.32 bits per heavy atom. The summed E-state index contributed by atoms with van der Waals surface area (Å²) in [6.07, 6.45) is 1.53. The van der Waals surface area contributed by atoms with Crippen molar-refractivity contribution in [1.29, 1.82) is 0 Å². The number of hydrogen-bond acceptors (Lipinski definition) is 3. The fraction of sp³-hybridized carbons (Fsp3) is 0.214. The van der Waals surface area contributed by atoms with Gasteiger partial charge in [-0.05, 0) is 19.1 Å². The van der Waals surface area contributed by atoms with E-state index >= 15 is 0 Å². The second-order valence-corrected chi connectivity index (χ2v) is 4.24.